The van der Waals surface area contributed by atoms with Gasteiger partial charge in [-0.1, -0.05) is 18.2 Å². The molecule has 0 bridgehead atoms. The molecule has 1 aliphatic rings. The topological polar surface area (TPSA) is 60.2 Å². The van der Waals surface area contributed by atoms with E-state index in [0.717, 1.165) is 28.8 Å². The Balaban J connectivity index is 1.35. The average molecular weight is 413 g/mol. The second-order valence-electron chi connectivity index (χ2n) is 5.10. The molecule has 0 atom stereocenters. The van der Waals surface area contributed by atoms with Crippen molar-refractivity contribution in [1.82, 2.24) is 19.2 Å². The van der Waals surface area contributed by atoms with Crippen LogP contribution in [0.25, 0.3) is 10.9 Å². The predicted octanol–water partition coefficient (Wildman–Crippen LogP) is 2.42. The number of rotatable bonds is 7. The summed E-state index contributed by atoms with van der Waals surface area (Å²) in [6.07, 6.45) is 1.38. The van der Waals surface area contributed by atoms with Gasteiger partial charge in [0.15, 0.2) is 0 Å². The van der Waals surface area contributed by atoms with Gasteiger partial charge in [-0.25, -0.2) is 0 Å². The number of nitrogens with one attached hydrogen (secondary N) is 3. The van der Waals surface area contributed by atoms with Crippen LogP contribution >= 0.6 is 21.8 Å². The molecule has 0 saturated heterocycles. The Morgan fingerprint density at radius 1 is 1.39 bits per heavy atom. The Hall–Kier alpha value is -1.05. The number of aromatic nitrogens is 1. The Labute approximate surface area is 149 Å². The van der Waals surface area contributed by atoms with Gasteiger partial charge in [0.1, 0.15) is 0 Å². The molecule has 1 aromatic heterocycles. The molecule has 8 heteroatoms. The molecule has 122 valence electrons. The quantitative estimate of drug-likeness (QED) is 0.282. The number of hydrazine groups is 1. The number of H-pyrrole nitrogens is 1. The molecule has 1 amide bonds. The third kappa shape index (κ3) is 4.96. The van der Waals surface area contributed by atoms with E-state index in [2.05, 4.69) is 31.2 Å². The fraction of sp³-hybridized carbons (Fsp3) is 0.267. The van der Waals surface area contributed by atoms with E-state index < -0.39 is 0 Å². The number of nitrogens with zero attached hydrogens (tertiary/aromatic N) is 1. The molecule has 1 aliphatic heterocycles. The maximum absolute atomic E-state index is 12.0. The molecule has 2 heterocycles. The number of para-hydroxylation sites is 1. The van der Waals surface area contributed by atoms with Gasteiger partial charge in [-0.05, 0) is 6.07 Å². The minimum absolute atomic E-state index is 0.0235. The van der Waals surface area contributed by atoms with E-state index in [1.807, 2.05) is 30.3 Å². The number of fused-ring (bicyclic) bond motifs is 1. The van der Waals surface area contributed by atoms with Gasteiger partial charge in [0, 0.05) is 0 Å². The summed E-state index contributed by atoms with van der Waals surface area (Å²) in [5, 5.41) is 1.14. The first-order valence-corrected chi connectivity index (χ1v) is 11.3. The zero-order valence-corrected chi connectivity index (χ0v) is 16.0. The maximum atomic E-state index is 12.0. The van der Waals surface area contributed by atoms with Crippen LogP contribution in [0.1, 0.15) is 12.1 Å². The molecule has 3 rings (SSSR count). The first-order valence-electron chi connectivity index (χ1n) is 7.21. The van der Waals surface area contributed by atoms with Gasteiger partial charge in [-0.15, -0.1) is 0 Å². The molecule has 3 N–H and O–H groups in total. The second-order valence-corrected chi connectivity index (χ2v) is 9.40. The van der Waals surface area contributed by atoms with Crippen LogP contribution in [0.5, 0.6) is 0 Å². The first kappa shape index (κ1) is 16.8. The summed E-state index contributed by atoms with van der Waals surface area (Å²) in [7, 11) is 5.13. The Kier molecular flexibility index (Phi) is 5.96. The summed E-state index contributed by atoms with van der Waals surface area (Å²) < 4.78 is 5.00. The number of amides is 1. The van der Waals surface area contributed by atoms with E-state index >= 15 is 0 Å². The monoisotopic (exact) mass is 414 g/mol. The van der Waals surface area contributed by atoms with Crippen LogP contribution in [0, 0.1) is 0 Å². The third-order valence-electron chi connectivity index (χ3n) is 3.26. The van der Waals surface area contributed by atoms with Crippen molar-refractivity contribution in [1.29, 1.82) is 0 Å². The van der Waals surface area contributed by atoms with E-state index in [0.29, 0.717) is 21.6 Å². The molecule has 0 fully saturated rings. The van der Waals surface area contributed by atoms with Gasteiger partial charge in [0.2, 0.25) is 0 Å². The minimum atomic E-state index is 0.0235. The van der Waals surface area contributed by atoms with Gasteiger partial charge < -0.3 is 0 Å². The number of benzene rings is 1. The Morgan fingerprint density at radius 2 is 2.26 bits per heavy atom. The van der Waals surface area contributed by atoms with Gasteiger partial charge in [-0.3, -0.25) is 0 Å². The molecule has 1 aromatic carbocycles. The van der Waals surface area contributed by atoms with Gasteiger partial charge in [0.05, 0.1) is 0 Å². The summed E-state index contributed by atoms with van der Waals surface area (Å²) in [6.45, 7) is 0. The normalized spacial score (nSPS) is 14.7. The van der Waals surface area contributed by atoms with Crippen molar-refractivity contribution in [3.63, 3.8) is 0 Å². The van der Waals surface area contributed by atoms with Crippen LogP contribution in [0.15, 0.2) is 41.0 Å². The number of hydrogen-bond donors (Lipinski definition) is 3. The van der Waals surface area contributed by atoms with Crippen molar-refractivity contribution < 1.29 is 4.79 Å². The van der Waals surface area contributed by atoms with E-state index in [1.54, 1.807) is 10.8 Å². The van der Waals surface area contributed by atoms with Crippen LogP contribution in [-0.2, 0) is 11.2 Å². The molecular weight excluding hydrogens is 395 g/mol. The van der Waals surface area contributed by atoms with Crippen LogP contribution in [0.4, 0.5) is 0 Å². The summed E-state index contributed by atoms with van der Waals surface area (Å²) in [6, 6.07) is 10.1. The molecule has 0 spiro atoms. The zero-order valence-electron chi connectivity index (χ0n) is 12.7. The van der Waals surface area contributed by atoms with Crippen LogP contribution < -0.4 is 10.1 Å². The molecule has 23 heavy (non-hydrogen) atoms. The summed E-state index contributed by atoms with van der Waals surface area (Å²) in [5.41, 5.74) is 6.60. The Bertz CT molecular complexity index is 685. The standard InChI is InChI=1S/C15H18N4OS2Se/c1-19-17-12(10-23-19)6-7-21-22-18-15(20)9-13-8-11-4-2-3-5-14(11)16-13/h2-5,8,10,16-17H,6-7,9H2,1H3,(H,18,20). The van der Waals surface area contributed by atoms with E-state index in [4.69, 9.17) is 0 Å². The first-order chi connectivity index (χ1) is 11.2. The molecule has 2 aromatic rings. The van der Waals surface area contributed by atoms with Crippen molar-refractivity contribution >= 4 is 53.8 Å². The van der Waals surface area contributed by atoms with Crippen molar-refractivity contribution in [2.75, 3.05) is 12.8 Å². The van der Waals surface area contributed by atoms with E-state index in [9.17, 15) is 4.79 Å². The number of hydrogen-bond acceptors (Lipinski definition) is 5. The summed E-state index contributed by atoms with van der Waals surface area (Å²) in [5.74, 6) is 0.996. The SMILES string of the molecule is CN1NC(CCSSNC(=O)Cc2cc3ccccc3[nH]2)=C[Se]1. The van der Waals surface area contributed by atoms with Gasteiger partial charge >= 0.3 is 126 Å². The van der Waals surface area contributed by atoms with Gasteiger partial charge in [-0.2, -0.15) is 0 Å². The molecule has 0 radical (unpaired) electrons. The zero-order chi connectivity index (χ0) is 16.1. The number of aromatic amines is 1. The third-order valence-corrected chi connectivity index (χ3v) is 6.84. The summed E-state index contributed by atoms with van der Waals surface area (Å²) in [4.78, 5) is 17.5. The predicted molar refractivity (Wildman–Crippen MR) is 99.5 cm³/mol. The molecule has 5 nitrogen and oxygen atoms in total. The number of carbonyl (C=O) groups is 1. The number of carbonyl (C=O) groups excluding carboxylic acids is 1. The Morgan fingerprint density at radius 3 is 3.04 bits per heavy atom. The van der Waals surface area contributed by atoms with Crippen molar-refractivity contribution in [2.45, 2.75) is 12.8 Å². The van der Waals surface area contributed by atoms with Crippen molar-refractivity contribution in [2.24, 2.45) is 0 Å². The van der Waals surface area contributed by atoms with E-state index in [1.165, 1.54) is 16.7 Å². The fourth-order valence-electron chi connectivity index (χ4n) is 2.22. The molecule has 0 aliphatic carbocycles. The second kappa shape index (κ2) is 8.17. The summed E-state index contributed by atoms with van der Waals surface area (Å²) >= 11 is 0.431. The van der Waals surface area contributed by atoms with Crippen LogP contribution in [-0.4, -0.2) is 42.9 Å². The molecule has 0 saturated carbocycles. The fourth-order valence-corrected chi connectivity index (χ4v) is 5.10. The van der Waals surface area contributed by atoms with Crippen LogP contribution in [0.2, 0.25) is 0 Å². The number of allylic oxidation sites excluding steroid dienone is 1. The molecular formula is C15H18N4OS2Se. The van der Waals surface area contributed by atoms with Crippen molar-refractivity contribution in [3.8, 4) is 0 Å². The van der Waals surface area contributed by atoms with Crippen LogP contribution in [0.3, 0.4) is 0 Å². The molecule has 0 unspecified atom stereocenters. The van der Waals surface area contributed by atoms with E-state index in [-0.39, 0.29) is 5.91 Å². The van der Waals surface area contributed by atoms with Gasteiger partial charge in [0.25, 0.3) is 0 Å². The average Bonchev–Trinajstić information content (AvgIpc) is 3.12. The van der Waals surface area contributed by atoms with Crippen molar-refractivity contribution in [3.05, 3.63) is 46.7 Å².